The summed E-state index contributed by atoms with van der Waals surface area (Å²) in [6, 6.07) is 2.61. The van der Waals surface area contributed by atoms with Crippen LogP contribution in [0.1, 0.15) is 24.0 Å². The van der Waals surface area contributed by atoms with E-state index in [0.29, 0.717) is 6.61 Å². The predicted octanol–water partition coefficient (Wildman–Crippen LogP) is 2.06. The molecule has 5 nitrogen and oxygen atoms in total. The van der Waals surface area contributed by atoms with Crippen LogP contribution in [0.15, 0.2) is 23.1 Å². The Bertz CT molecular complexity index is 684. The van der Waals surface area contributed by atoms with Gasteiger partial charge < -0.3 is 10.1 Å². The fourth-order valence-electron chi connectivity index (χ4n) is 2.91. The van der Waals surface area contributed by atoms with E-state index in [0.717, 1.165) is 37.6 Å². The van der Waals surface area contributed by atoms with Crippen LogP contribution in [0.25, 0.3) is 0 Å². The van der Waals surface area contributed by atoms with Gasteiger partial charge in [0.15, 0.2) is 0 Å². The molecule has 1 aliphatic heterocycles. The second-order valence-corrected chi connectivity index (χ2v) is 7.78. The Kier molecular flexibility index (Phi) is 5.58. The van der Waals surface area contributed by atoms with Crippen LogP contribution in [0.3, 0.4) is 0 Å². The number of aryl methyl sites for hydroxylation is 1. The SMILES string of the molecule is COCC1(CNS(=O)(=O)c2ccc(C(F)(F)F)cc2C)CCCN1. The van der Waals surface area contributed by atoms with Gasteiger partial charge in [0.1, 0.15) is 0 Å². The van der Waals surface area contributed by atoms with Crippen molar-refractivity contribution in [2.75, 3.05) is 26.8 Å². The summed E-state index contributed by atoms with van der Waals surface area (Å²) in [7, 11) is -2.37. The van der Waals surface area contributed by atoms with E-state index in [1.54, 1.807) is 0 Å². The highest BCUT2D eigenvalue weighted by atomic mass is 32.2. The van der Waals surface area contributed by atoms with Crippen molar-refractivity contribution < 1.29 is 26.3 Å². The summed E-state index contributed by atoms with van der Waals surface area (Å²) < 4.78 is 70.6. The molecule has 136 valence electrons. The smallest absolute Gasteiger partial charge is 0.383 e. The van der Waals surface area contributed by atoms with Gasteiger partial charge in [-0.05, 0) is 50.1 Å². The van der Waals surface area contributed by atoms with Crippen molar-refractivity contribution in [2.45, 2.75) is 36.4 Å². The molecule has 0 bridgehead atoms. The minimum absolute atomic E-state index is 0.0532. The van der Waals surface area contributed by atoms with E-state index in [1.807, 2.05) is 0 Å². The molecule has 0 aliphatic carbocycles. The molecular weight excluding hydrogens is 345 g/mol. The number of halogens is 3. The molecular formula is C15H21F3N2O3S. The first kappa shape index (κ1) is 19.2. The lowest BCUT2D eigenvalue weighted by molar-refractivity contribution is -0.137. The topological polar surface area (TPSA) is 67.4 Å². The number of ether oxygens (including phenoxy) is 1. The highest BCUT2D eigenvalue weighted by Crippen LogP contribution is 2.31. The van der Waals surface area contributed by atoms with E-state index in [4.69, 9.17) is 4.74 Å². The quantitative estimate of drug-likeness (QED) is 0.809. The molecule has 1 aromatic rings. The maximum Gasteiger partial charge on any atom is 0.416 e. The van der Waals surface area contributed by atoms with Gasteiger partial charge in [-0.25, -0.2) is 13.1 Å². The molecule has 0 radical (unpaired) electrons. The van der Waals surface area contributed by atoms with Gasteiger partial charge in [0.25, 0.3) is 0 Å². The van der Waals surface area contributed by atoms with E-state index in [1.165, 1.54) is 14.0 Å². The van der Waals surface area contributed by atoms with Gasteiger partial charge in [-0.1, -0.05) is 0 Å². The average Bonchev–Trinajstić information content (AvgIpc) is 2.93. The lowest BCUT2D eigenvalue weighted by Crippen LogP contribution is -2.52. The normalized spacial score (nSPS) is 22.0. The fraction of sp³-hybridized carbons (Fsp3) is 0.600. The largest absolute Gasteiger partial charge is 0.416 e. The highest BCUT2D eigenvalue weighted by molar-refractivity contribution is 7.89. The van der Waals surface area contributed by atoms with Crippen molar-refractivity contribution in [2.24, 2.45) is 0 Å². The van der Waals surface area contributed by atoms with Crippen LogP contribution < -0.4 is 10.0 Å². The zero-order valence-corrected chi connectivity index (χ0v) is 14.4. The van der Waals surface area contributed by atoms with Gasteiger partial charge in [0.2, 0.25) is 10.0 Å². The Morgan fingerprint density at radius 1 is 1.38 bits per heavy atom. The molecule has 0 aromatic heterocycles. The first-order valence-corrected chi connectivity index (χ1v) is 8.99. The Hall–Kier alpha value is -1.16. The fourth-order valence-corrected chi connectivity index (χ4v) is 4.26. The molecule has 0 spiro atoms. The Morgan fingerprint density at radius 3 is 2.58 bits per heavy atom. The summed E-state index contributed by atoms with van der Waals surface area (Å²) in [6.07, 6.45) is -2.84. The van der Waals surface area contributed by atoms with Gasteiger partial charge in [0.05, 0.1) is 22.6 Å². The third-order valence-electron chi connectivity index (χ3n) is 4.15. The molecule has 9 heteroatoms. The summed E-state index contributed by atoms with van der Waals surface area (Å²) in [5, 5.41) is 3.24. The lowest BCUT2D eigenvalue weighted by atomic mass is 9.99. The predicted molar refractivity (Wildman–Crippen MR) is 83.2 cm³/mol. The van der Waals surface area contributed by atoms with Crippen molar-refractivity contribution in [1.82, 2.24) is 10.0 Å². The molecule has 1 saturated heterocycles. The van der Waals surface area contributed by atoms with Crippen molar-refractivity contribution in [3.05, 3.63) is 29.3 Å². The molecule has 2 N–H and O–H groups in total. The van der Waals surface area contributed by atoms with Gasteiger partial charge >= 0.3 is 6.18 Å². The van der Waals surface area contributed by atoms with Crippen molar-refractivity contribution in [3.63, 3.8) is 0 Å². The number of hydrogen-bond donors (Lipinski definition) is 2. The molecule has 0 amide bonds. The second kappa shape index (κ2) is 6.99. The summed E-state index contributed by atoms with van der Waals surface area (Å²) in [4.78, 5) is -0.152. The average molecular weight is 366 g/mol. The Morgan fingerprint density at radius 2 is 2.08 bits per heavy atom. The summed E-state index contributed by atoms with van der Waals surface area (Å²) >= 11 is 0. The van der Waals surface area contributed by atoms with E-state index in [-0.39, 0.29) is 17.0 Å². The van der Waals surface area contributed by atoms with Gasteiger partial charge in [0, 0.05) is 13.7 Å². The summed E-state index contributed by atoms with van der Waals surface area (Å²) in [5.41, 5.74) is -1.30. The maximum atomic E-state index is 12.7. The monoisotopic (exact) mass is 366 g/mol. The highest BCUT2D eigenvalue weighted by Gasteiger charge is 2.35. The number of methoxy groups -OCH3 is 1. The molecule has 1 unspecified atom stereocenters. The maximum absolute atomic E-state index is 12.7. The van der Waals surface area contributed by atoms with Crippen LogP contribution in [0.2, 0.25) is 0 Å². The number of nitrogens with one attached hydrogen (secondary N) is 2. The van der Waals surface area contributed by atoms with Crippen LogP contribution >= 0.6 is 0 Å². The Balaban J connectivity index is 2.18. The lowest BCUT2D eigenvalue weighted by Gasteiger charge is -2.29. The number of alkyl halides is 3. The van der Waals surface area contributed by atoms with Crippen LogP contribution in [-0.4, -0.2) is 40.8 Å². The molecule has 1 atom stereocenters. The van der Waals surface area contributed by atoms with E-state index in [2.05, 4.69) is 10.0 Å². The first-order valence-electron chi connectivity index (χ1n) is 7.51. The van der Waals surface area contributed by atoms with Crippen molar-refractivity contribution >= 4 is 10.0 Å². The van der Waals surface area contributed by atoms with Crippen molar-refractivity contribution in [3.8, 4) is 0 Å². The third-order valence-corrected chi connectivity index (χ3v) is 5.71. The third kappa shape index (κ3) is 4.27. The molecule has 1 fully saturated rings. The van der Waals surface area contributed by atoms with Crippen LogP contribution in [0.5, 0.6) is 0 Å². The molecule has 1 aliphatic rings. The number of rotatable bonds is 6. The standard InChI is InChI=1S/C15H21F3N2O3S/c1-11-8-12(15(16,17)18)4-5-13(11)24(21,22)20-9-14(10-23-2)6-3-7-19-14/h4-5,8,19-20H,3,6-7,9-10H2,1-2H3. The van der Waals surface area contributed by atoms with Crippen LogP contribution in [0, 0.1) is 6.92 Å². The number of hydrogen-bond acceptors (Lipinski definition) is 4. The van der Waals surface area contributed by atoms with E-state index >= 15 is 0 Å². The minimum Gasteiger partial charge on any atom is -0.383 e. The van der Waals surface area contributed by atoms with Crippen LogP contribution in [-0.2, 0) is 20.9 Å². The summed E-state index contributed by atoms with van der Waals surface area (Å²) in [6.45, 7) is 2.58. The Labute approximate surface area is 139 Å². The zero-order valence-electron chi connectivity index (χ0n) is 13.5. The molecule has 2 rings (SSSR count). The second-order valence-electron chi connectivity index (χ2n) is 6.05. The number of sulfonamides is 1. The minimum atomic E-state index is -4.50. The van der Waals surface area contributed by atoms with Crippen molar-refractivity contribution in [1.29, 1.82) is 0 Å². The molecule has 0 saturated carbocycles. The van der Waals surface area contributed by atoms with Gasteiger partial charge in [-0.2, -0.15) is 13.2 Å². The zero-order chi connectivity index (χ0) is 18.0. The van der Waals surface area contributed by atoms with E-state index < -0.39 is 27.3 Å². The molecule has 24 heavy (non-hydrogen) atoms. The van der Waals surface area contributed by atoms with Crippen LogP contribution in [0.4, 0.5) is 13.2 Å². The number of benzene rings is 1. The van der Waals surface area contributed by atoms with E-state index in [9.17, 15) is 21.6 Å². The van der Waals surface area contributed by atoms with Gasteiger partial charge in [-0.15, -0.1) is 0 Å². The molecule has 1 aromatic carbocycles. The first-order chi connectivity index (χ1) is 11.1. The summed E-state index contributed by atoms with van der Waals surface area (Å²) in [5.74, 6) is 0. The molecule has 1 heterocycles. The van der Waals surface area contributed by atoms with Gasteiger partial charge in [-0.3, -0.25) is 0 Å².